The highest BCUT2D eigenvalue weighted by Crippen LogP contribution is 2.29. The highest BCUT2D eigenvalue weighted by molar-refractivity contribution is 5.97. The summed E-state index contributed by atoms with van der Waals surface area (Å²) in [5, 5.41) is 0.816. The highest BCUT2D eigenvalue weighted by Gasteiger charge is 2.24. The van der Waals surface area contributed by atoms with Crippen LogP contribution in [0, 0.1) is 0 Å². The number of nitrogens with zero attached hydrogens (tertiary/aromatic N) is 3. The van der Waals surface area contributed by atoms with Crippen LogP contribution in [0.5, 0.6) is 17.2 Å². The Morgan fingerprint density at radius 2 is 1.60 bits per heavy atom. The molecule has 7 heteroatoms. The second-order valence-corrected chi connectivity index (χ2v) is 7.07. The third-order valence-corrected chi connectivity index (χ3v) is 5.40. The van der Waals surface area contributed by atoms with E-state index in [4.69, 9.17) is 14.2 Å². The number of rotatable bonds is 5. The van der Waals surface area contributed by atoms with Gasteiger partial charge in [0.05, 0.1) is 26.8 Å². The maximum atomic E-state index is 13.1. The molecular formula is C23H25N3O4. The first-order valence-electron chi connectivity index (χ1n) is 9.84. The van der Waals surface area contributed by atoms with Gasteiger partial charge < -0.3 is 24.0 Å². The molecule has 0 bridgehead atoms. The molecule has 0 N–H and O–H groups in total. The maximum absolute atomic E-state index is 13.1. The fourth-order valence-corrected chi connectivity index (χ4v) is 3.72. The third kappa shape index (κ3) is 3.83. The molecule has 3 aromatic rings. The molecule has 1 amide bonds. The van der Waals surface area contributed by atoms with Crippen molar-refractivity contribution >= 4 is 22.5 Å². The molecule has 2 heterocycles. The molecule has 7 nitrogen and oxygen atoms in total. The van der Waals surface area contributed by atoms with E-state index in [1.807, 2.05) is 41.3 Å². The van der Waals surface area contributed by atoms with Crippen LogP contribution in [0.4, 0.5) is 5.69 Å². The largest absolute Gasteiger partial charge is 0.497 e. The molecule has 2 aromatic carbocycles. The normalized spacial score (nSPS) is 14.0. The second-order valence-electron chi connectivity index (χ2n) is 7.07. The number of hydrogen-bond donors (Lipinski definition) is 0. The number of aromatic nitrogens is 1. The summed E-state index contributed by atoms with van der Waals surface area (Å²) < 4.78 is 16.1. The lowest BCUT2D eigenvalue weighted by Crippen LogP contribution is -2.49. The Morgan fingerprint density at radius 3 is 2.30 bits per heavy atom. The molecule has 1 aromatic heterocycles. The number of fused-ring (bicyclic) bond motifs is 1. The van der Waals surface area contributed by atoms with E-state index in [0.717, 1.165) is 35.7 Å². The quantitative estimate of drug-likeness (QED) is 0.647. The fraction of sp³-hybridized carbons (Fsp3) is 0.304. The van der Waals surface area contributed by atoms with Crippen molar-refractivity contribution in [2.75, 3.05) is 52.4 Å². The molecule has 1 fully saturated rings. The maximum Gasteiger partial charge on any atom is 0.272 e. The van der Waals surface area contributed by atoms with E-state index in [-0.39, 0.29) is 5.91 Å². The Balaban J connectivity index is 1.52. The summed E-state index contributed by atoms with van der Waals surface area (Å²) in [5.41, 5.74) is 2.19. The lowest BCUT2D eigenvalue weighted by molar-refractivity contribution is 0.0741. The van der Waals surface area contributed by atoms with Gasteiger partial charge in [-0.15, -0.1) is 0 Å². The van der Waals surface area contributed by atoms with Gasteiger partial charge in [-0.25, -0.2) is 4.98 Å². The average Bonchev–Trinajstić information content (AvgIpc) is 2.82. The minimum absolute atomic E-state index is 0.0867. The van der Waals surface area contributed by atoms with Crippen molar-refractivity contribution in [2.24, 2.45) is 0 Å². The molecule has 0 spiro atoms. The zero-order valence-electron chi connectivity index (χ0n) is 17.4. The number of hydrogen-bond acceptors (Lipinski definition) is 6. The monoisotopic (exact) mass is 407 g/mol. The van der Waals surface area contributed by atoms with Gasteiger partial charge in [-0.2, -0.15) is 0 Å². The van der Waals surface area contributed by atoms with Crippen LogP contribution in [0.3, 0.4) is 0 Å². The van der Waals surface area contributed by atoms with Crippen LogP contribution in [0.2, 0.25) is 0 Å². The summed E-state index contributed by atoms with van der Waals surface area (Å²) in [6.45, 7) is 2.75. The zero-order valence-corrected chi connectivity index (χ0v) is 17.4. The summed E-state index contributed by atoms with van der Waals surface area (Å²) in [5.74, 6) is 2.07. The van der Waals surface area contributed by atoms with Gasteiger partial charge in [-0.3, -0.25) is 4.79 Å². The first-order chi connectivity index (χ1) is 14.6. The lowest BCUT2D eigenvalue weighted by atomic mass is 10.1. The van der Waals surface area contributed by atoms with Gasteiger partial charge in [0.1, 0.15) is 22.9 Å². The van der Waals surface area contributed by atoms with Gasteiger partial charge in [0.2, 0.25) is 0 Å². The molecule has 156 valence electrons. The number of carbonyl (C=O) groups excluding carboxylic acids is 1. The number of piperazine rings is 1. The van der Waals surface area contributed by atoms with Crippen molar-refractivity contribution in [3.8, 4) is 17.2 Å². The summed E-state index contributed by atoms with van der Waals surface area (Å²) in [4.78, 5) is 21.8. The lowest BCUT2D eigenvalue weighted by Gasteiger charge is -2.36. The molecule has 0 unspecified atom stereocenters. The average molecular weight is 407 g/mol. The van der Waals surface area contributed by atoms with Crippen LogP contribution >= 0.6 is 0 Å². The van der Waals surface area contributed by atoms with Gasteiger partial charge in [-0.1, -0.05) is 6.07 Å². The number of methoxy groups -OCH3 is 3. The molecule has 1 saturated heterocycles. The standard InChI is InChI=1S/C23H25N3O4/c1-28-17-6-4-5-16(13-17)25-9-11-26(12-10-25)23(27)21-15-22(30-3)19-14-18(29-2)7-8-20(19)24-21/h4-8,13-15H,9-12H2,1-3H3. The van der Waals surface area contributed by atoms with E-state index in [0.29, 0.717) is 30.0 Å². The number of anilines is 1. The van der Waals surface area contributed by atoms with Crippen LogP contribution in [0.15, 0.2) is 48.5 Å². The smallest absolute Gasteiger partial charge is 0.272 e. The Hall–Kier alpha value is -3.48. The molecule has 0 aliphatic carbocycles. The van der Waals surface area contributed by atoms with Crippen molar-refractivity contribution in [3.05, 3.63) is 54.2 Å². The Labute approximate surface area is 175 Å². The molecule has 0 atom stereocenters. The van der Waals surface area contributed by atoms with Crippen molar-refractivity contribution < 1.29 is 19.0 Å². The number of ether oxygens (including phenoxy) is 3. The van der Waals surface area contributed by atoms with E-state index in [1.165, 1.54) is 0 Å². The Bertz CT molecular complexity index is 1060. The van der Waals surface area contributed by atoms with E-state index in [1.54, 1.807) is 27.4 Å². The molecule has 1 aliphatic heterocycles. The van der Waals surface area contributed by atoms with Crippen molar-refractivity contribution in [2.45, 2.75) is 0 Å². The van der Waals surface area contributed by atoms with Gasteiger partial charge in [-0.05, 0) is 30.3 Å². The van der Waals surface area contributed by atoms with E-state index < -0.39 is 0 Å². The minimum atomic E-state index is -0.0867. The number of benzene rings is 2. The zero-order chi connectivity index (χ0) is 21.1. The molecule has 1 aliphatic rings. The van der Waals surface area contributed by atoms with Gasteiger partial charge in [0.25, 0.3) is 5.91 Å². The van der Waals surface area contributed by atoms with Crippen LogP contribution in [-0.4, -0.2) is 63.3 Å². The van der Waals surface area contributed by atoms with Crippen molar-refractivity contribution in [3.63, 3.8) is 0 Å². The van der Waals surface area contributed by atoms with Gasteiger partial charge in [0.15, 0.2) is 0 Å². The first kappa shape index (κ1) is 19.8. The van der Waals surface area contributed by atoms with Gasteiger partial charge in [0, 0.05) is 49.4 Å². The van der Waals surface area contributed by atoms with Crippen LogP contribution in [0.1, 0.15) is 10.5 Å². The predicted molar refractivity (Wildman–Crippen MR) is 116 cm³/mol. The topological polar surface area (TPSA) is 64.1 Å². The summed E-state index contributed by atoms with van der Waals surface area (Å²) >= 11 is 0. The predicted octanol–water partition coefficient (Wildman–Crippen LogP) is 3.22. The highest BCUT2D eigenvalue weighted by atomic mass is 16.5. The number of amides is 1. The van der Waals surface area contributed by atoms with Crippen LogP contribution in [0.25, 0.3) is 10.9 Å². The van der Waals surface area contributed by atoms with Crippen LogP contribution in [-0.2, 0) is 0 Å². The van der Waals surface area contributed by atoms with Crippen molar-refractivity contribution in [1.29, 1.82) is 0 Å². The number of pyridine rings is 1. The third-order valence-electron chi connectivity index (χ3n) is 5.40. The van der Waals surface area contributed by atoms with Crippen molar-refractivity contribution in [1.82, 2.24) is 9.88 Å². The molecule has 30 heavy (non-hydrogen) atoms. The fourth-order valence-electron chi connectivity index (χ4n) is 3.72. The SMILES string of the molecule is COc1cccc(N2CCN(C(=O)c3cc(OC)c4cc(OC)ccc4n3)CC2)c1. The van der Waals surface area contributed by atoms with Crippen LogP contribution < -0.4 is 19.1 Å². The second kappa shape index (κ2) is 8.49. The van der Waals surface area contributed by atoms with E-state index in [2.05, 4.69) is 16.0 Å². The Kier molecular flexibility index (Phi) is 5.61. The molecular weight excluding hydrogens is 382 g/mol. The Morgan fingerprint density at radius 1 is 0.867 bits per heavy atom. The summed E-state index contributed by atoms with van der Waals surface area (Å²) in [6, 6.07) is 15.2. The summed E-state index contributed by atoms with van der Waals surface area (Å²) in [6.07, 6.45) is 0. The van der Waals surface area contributed by atoms with E-state index in [9.17, 15) is 4.79 Å². The summed E-state index contributed by atoms with van der Waals surface area (Å²) in [7, 11) is 4.87. The molecule has 0 saturated carbocycles. The van der Waals surface area contributed by atoms with Gasteiger partial charge >= 0.3 is 0 Å². The molecule has 0 radical (unpaired) electrons. The minimum Gasteiger partial charge on any atom is -0.497 e. The molecule has 4 rings (SSSR count). The van der Waals surface area contributed by atoms with E-state index >= 15 is 0 Å². The first-order valence-corrected chi connectivity index (χ1v) is 9.84. The number of carbonyl (C=O) groups is 1.